The highest BCUT2D eigenvalue weighted by Crippen LogP contribution is 2.28. The minimum atomic E-state index is 0.0716. The van der Waals surface area contributed by atoms with E-state index in [9.17, 15) is 4.79 Å². The molecule has 1 saturated heterocycles. The molecule has 0 spiro atoms. The van der Waals surface area contributed by atoms with Gasteiger partial charge in [-0.3, -0.25) is 4.79 Å². The molecule has 1 fully saturated rings. The predicted molar refractivity (Wildman–Crippen MR) is 107 cm³/mol. The Balaban J connectivity index is 1.49. The van der Waals surface area contributed by atoms with E-state index < -0.39 is 0 Å². The van der Waals surface area contributed by atoms with Gasteiger partial charge in [0.2, 0.25) is 0 Å². The third-order valence-corrected chi connectivity index (χ3v) is 5.42. The SMILES string of the molecule is Cc1cc(Nc2ncc(C)s2)nc(C2CCN(C(=O)c3ccccc3)C2)n1. The Labute approximate surface area is 162 Å². The highest BCUT2D eigenvalue weighted by Gasteiger charge is 2.30. The van der Waals surface area contributed by atoms with Crippen molar-refractivity contribution < 1.29 is 4.79 Å². The maximum absolute atomic E-state index is 12.7. The molecule has 0 radical (unpaired) electrons. The highest BCUT2D eigenvalue weighted by molar-refractivity contribution is 7.15. The van der Waals surface area contributed by atoms with Gasteiger partial charge in [-0.2, -0.15) is 0 Å². The fraction of sp³-hybridized carbons (Fsp3) is 0.300. The minimum absolute atomic E-state index is 0.0716. The lowest BCUT2D eigenvalue weighted by Crippen LogP contribution is -2.28. The van der Waals surface area contributed by atoms with Crippen LogP contribution in [0.1, 0.15) is 39.1 Å². The number of hydrogen-bond donors (Lipinski definition) is 1. The van der Waals surface area contributed by atoms with E-state index in [1.54, 1.807) is 11.3 Å². The number of nitrogens with zero attached hydrogens (tertiary/aromatic N) is 4. The van der Waals surface area contributed by atoms with Crippen molar-refractivity contribution in [1.29, 1.82) is 0 Å². The molecule has 1 unspecified atom stereocenters. The van der Waals surface area contributed by atoms with Crippen LogP contribution in [0.15, 0.2) is 42.6 Å². The Morgan fingerprint density at radius 1 is 1.22 bits per heavy atom. The number of rotatable bonds is 4. The van der Waals surface area contributed by atoms with E-state index in [0.717, 1.165) is 45.9 Å². The van der Waals surface area contributed by atoms with Crippen molar-refractivity contribution in [2.45, 2.75) is 26.2 Å². The molecule has 27 heavy (non-hydrogen) atoms. The van der Waals surface area contributed by atoms with Crippen molar-refractivity contribution in [1.82, 2.24) is 19.9 Å². The third-order valence-electron chi connectivity index (χ3n) is 4.59. The molecule has 1 atom stereocenters. The molecule has 7 heteroatoms. The minimum Gasteiger partial charge on any atom is -0.338 e. The number of carbonyl (C=O) groups is 1. The van der Waals surface area contributed by atoms with E-state index in [0.29, 0.717) is 6.54 Å². The Morgan fingerprint density at radius 2 is 2.04 bits per heavy atom. The Hall–Kier alpha value is -2.80. The van der Waals surface area contributed by atoms with Crippen LogP contribution in [0.3, 0.4) is 0 Å². The number of benzene rings is 1. The summed E-state index contributed by atoms with van der Waals surface area (Å²) in [7, 11) is 0. The summed E-state index contributed by atoms with van der Waals surface area (Å²) < 4.78 is 0. The number of hydrogen-bond acceptors (Lipinski definition) is 6. The second-order valence-corrected chi connectivity index (χ2v) is 7.99. The van der Waals surface area contributed by atoms with Crippen molar-refractivity contribution >= 4 is 28.2 Å². The van der Waals surface area contributed by atoms with E-state index in [4.69, 9.17) is 4.98 Å². The topological polar surface area (TPSA) is 71.0 Å². The van der Waals surface area contributed by atoms with E-state index in [-0.39, 0.29) is 11.8 Å². The summed E-state index contributed by atoms with van der Waals surface area (Å²) in [5, 5.41) is 4.09. The second kappa shape index (κ2) is 7.44. The van der Waals surface area contributed by atoms with Gasteiger partial charge in [-0.15, -0.1) is 11.3 Å². The smallest absolute Gasteiger partial charge is 0.253 e. The van der Waals surface area contributed by atoms with Crippen LogP contribution < -0.4 is 5.32 Å². The molecule has 1 amide bonds. The summed E-state index contributed by atoms with van der Waals surface area (Å²) in [6, 6.07) is 11.3. The zero-order valence-electron chi connectivity index (χ0n) is 15.3. The molecule has 0 saturated carbocycles. The van der Waals surface area contributed by atoms with Crippen LogP contribution in [-0.2, 0) is 0 Å². The van der Waals surface area contributed by atoms with Crippen LogP contribution in [0.2, 0.25) is 0 Å². The average Bonchev–Trinajstić information content (AvgIpc) is 3.31. The van der Waals surface area contributed by atoms with Gasteiger partial charge in [-0.1, -0.05) is 18.2 Å². The Kier molecular flexibility index (Phi) is 4.85. The van der Waals surface area contributed by atoms with Crippen LogP contribution in [0.5, 0.6) is 0 Å². The van der Waals surface area contributed by atoms with E-state index in [1.165, 1.54) is 0 Å². The number of carbonyl (C=O) groups excluding carboxylic acids is 1. The first-order valence-corrected chi connectivity index (χ1v) is 9.79. The van der Waals surface area contributed by atoms with Crippen molar-refractivity contribution in [3.05, 3.63) is 64.6 Å². The Morgan fingerprint density at radius 3 is 2.78 bits per heavy atom. The molecule has 3 aromatic rings. The van der Waals surface area contributed by atoms with Gasteiger partial charge in [-0.05, 0) is 32.4 Å². The monoisotopic (exact) mass is 379 g/mol. The maximum Gasteiger partial charge on any atom is 0.253 e. The lowest BCUT2D eigenvalue weighted by Gasteiger charge is -2.16. The first kappa shape index (κ1) is 17.6. The number of amides is 1. The number of thiazole rings is 1. The highest BCUT2D eigenvalue weighted by atomic mass is 32.1. The zero-order valence-corrected chi connectivity index (χ0v) is 16.2. The molecule has 1 aromatic carbocycles. The van der Waals surface area contributed by atoms with Crippen LogP contribution in [-0.4, -0.2) is 38.8 Å². The second-order valence-electron chi connectivity index (χ2n) is 6.76. The van der Waals surface area contributed by atoms with Crippen molar-refractivity contribution in [3.63, 3.8) is 0 Å². The molecule has 1 N–H and O–H groups in total. The third kappa shape index (κ3) is 3.98. The molecular formula is C20H21N5OS. The van der Waals surface area contributed by atoms with Crippen molar-refractivity contribution in [2.75, 3.05) is 18.4 Å². The normalized spacial score (nSPS) is 16.5. The van der Waals surface area contributed by atoms with Gasteiger partial charge in [0.1, 0.15) is 11.6 Å². The summed E-state index contributed by atoms with van der Waals surface area (Å²) in [5.41, 5.74) is 1.63. The van der Waals surface area contributed by atoms with Crippen molar-refractivity contribution in [3.8, 4) is 0 Å². The first-order chi connectivity index (χ1) is 13.1. The van der Waals surface area contributed by atoms with Gasteiger partial charge in [0.15, 0.2) is 5.13 Å². The fourth-order valence-electron chi connectivity index (χ4n) is 3.28. The first-order valence-electron chi connectivity index (χ1n) is 8.98. The summed E-state index contributed by atoms with van der Waals surface area (Å²) >= 11 is 1.59. The van der Waals surface area contributed by atoms with E-state index >= 15 is 0 Å². The molecule has 0 bridgehead atoms. The largest absolute Gasteiger partial charge is 0.338 e. The van der Waals surface area contributed by atoms with Crippen LogP contribution in [0.25, 0.3) is 0 Å². The molecule has 4 rings (SSSR count). The van der Waals surface area contributed by atoms with Crippen LogP contribution in [0, 0.1) is 13.8 Å². The van der Waals surface area contributed by atoms with Crippen LogP contribution in [0.4, 0.5) is 10.9 Å². The molecule has 0 aliphatic carbocycles. The summed E-state index contributed by atoms with van der Waals surface area (Å²) in [5.74, 6) is 1.76. The zero-order chi connectivity index (χ0) is 18.8. The molecule has 6 nitrogen and oxygen atoms in total. The maximum atomic E-state index is 12.7. The molecule has 2 aromatic heterocycles. The number of anilines is 2. The molecule has 3 heterocycles. The van der Waals surface area contributed by atoms with Crippen LogP contribution >= 0.6 is 11.3 Å². The van der Waals surface area contributed by atoms with Gasteiger partial charge >= 0.3 is 0 Å². The van der Waals surface area contributed by atoms with Gasteiger partial charge in [0.25, 0.3) is 5.91 Å². The molecule has 1 aliphatic heterocycles. The van der Waals surface area contributed by atoms with Gasteiger partial charge in [-0.25, -0.2) is 15.0 Å². The summed E-state index contributed by atoms with van der Waals surface area (Å²) in [6.07, 6.45) is 2.71. The van der Waals surface area contributed by atoms with E-state index in [1.807, 2.05) is 61.3 Å². The Bertz CT molecular complexity index is 956. The lowest BCUT2D eigenvalue weighted by atomic mass is 10.1. The standard InChI is InChI=1S/C20H21N5OS/c1-13-10-17(24-20-21-11-14(2)27-20)23-18(22-13)16-8-9-25(12-16)19(26)15-6-4-3-5-7-15/h3-7,10-11,16H,8-9,12H2,1-2H3,(H,21,22,23,24). The predicted octanol–water partition coefficient (Wildman–Crippen LogP) is 3.92. The van der Waals surface area contributed by atoms with Crippen molar-refractivity contribution in [2.24, 2.45) is 0 Å². The fourth-order valence-corrected chi connectivity index (χ4v) is 3.95. The summed E-state index contributed by atoms with van der Waals surface area (Å²) in [6.45, 7) is 5.36. The lowest BCUT2D eigenvalue weighted by molar-refractivity contribution is 0.0790. The molecule has 138 valence electrons. The average molecular weight is 379 g/mol. The van der Waals surface area contributed by atoms with Gasteiger partial charge < -0.3 is 10.2 Å². The molecule has 1 aliphatic rings. The summed E-state index contributed by atoms with van der Waals surface area (Å²) in [4.78, 5) is 29.4. The number of aromatic nitrogens is 3. The van der Waals surface area contributed by atoms with Gasteiger partial charge in [0.05, 0.1) is 0 Å². The number of likely N-dealkylation sites (tertiary alicyclic amines) is 1. The van der Waals surface area contributed by atoms with Gasteiger partial charge in [0, 0.05) is 47.4 Å². The van der Waals surface area contributed by atoms with E-state index in [2.05, 4.69) is 15.3 Å². The quantitative estimate of drug-likeness (QED) is 0.744. The number of nitrogens with one attached hydrogen (secondary N) is 1. The number of aryl methyl sites for hydroxylation is 2. The molecular weight excluding hydrogens is 358 g/mol.